The molecule has 0 bridgehead atoms. The molecule has 1 aliphatic heterocycles. The van der Waals surface area contributed by atoms with E-state index in [4.69, 9.17) is 9.57 Å². The average Bonchev–Trinajstić information content (AvgIpc) is 3.25. The summed E-state index contributed by atoms with van der Waals surface area (Å²) >= 11 is 0. The second kappa shape index (κ2) is 9.79. The molecule has 0 aliphatic carbocycles. The van der Waals surface area contributed by atoms with Gasteiger partial charge in [-0.3, -0.25) is 9.59 Å². The van der Waals surface area contributed by atoms with E-state index >= 15 is 0 Å². The van der Waals surface area contributed by atoms with Crippen LogP contribution in [0.3, 0.4) is 0 Å². The molecule has 1 amide bonds. The molecule has 4 rings (SSSR count). The molecule has 3 aromatic carbocycles. The van der Waals surface area contributed by atoms with Crippen molar-refractivity contribution in [3.05, 3.63) is 95.1 Å². The van der Waals surface area contributed by atoms with Gasteiger partial charge in [-0.1, -0.05) is 65.3 Å². The Morgan fingerprint density at radius 3 is 2.53 bits per heavy atom. The van der Waals surface area contributed by atoms with Crippen LogP contribution in [0.5, 0.6) is 5.75 Å². The molecule has 0 fully saturated rings. The van der Waals surface area contributed by atoms with Crippen molar-refractivity contribution in [1.29, 1.82) is 0 Å². The molecule has 2 N–H and O–H groups in total. The van der Waals surface area contributed by atoms with Gasteiger partial charge in [-0.2, -0.15) is 0 Å². The number of ether oxygens (including phenoxy) is 1. The summed E-state index contributed by atoms with van der Waals surface area (Å²) in [7, 11) is 0. The molecule has 1 atom stereocenters. The zero-order valence-corrected chi connectivity index (χ0v) is 19.1. The van der Waals surface area contributed by atoms with Gasteiger partial charge in [-0.15, -0.1) is 0 Å². The second-order valence-corrected chi connectivity index (χ2v) is 8.41. The molecule has 1 heterocycles. The Morgan fingerprint density at radius 1 is 1.06 bits per heavy atom. The maximum Gasteiger partial charge on any atom is 0.308 e. The molecule has 1 unspecified atom stereocenters. The van der Waals surface area contributed by atoms with Gasteiger partial charge in [0.05, 0.1) is 12.1 Å². The number of hydrogen-bond acceptors (Lipinski definition) is 5. The number of nitrogens with zero attached hydrogens (tertiary/aromatic N) is 1. The van der Waals surface area contributed by atoms with Crippen LogP contribution in [-0.4, -0.2) is 28.3 Å². The number of aryl methyl sites for hydroxylation is 2. The summed E-state index contributed by atoms with van der Waals surface area (Å²) in [5.41, 5.74) is 3.00. The van der Waals surface area contributed by atoms with E-state index < -0.39 is 23.9 Å². The highest BCUT2D eigenvalue weighted by Crippen LogP contribution is 2.34. The summed E-state index contributed by atoms with van der Waals surface area (Å²) in [5.74, 6) is -1.13. The average molecular weight is 459 g/mol. The number of carboxylic acid groups (broad SMARTS) is 1. The Balaban J connectivity index is 1.55. The molecule has 0 aromatic heterocycles. The van der Waals surface area contributed by atoms with Crippen molar-refractivity contribution in [2.45, 2.75) is 38.9 Å². The van der Waals surface area contributed by atoms with E-state index in [0.717, 1.165) is 16.7 Å². The first-order chi connectivity index (χ1) is 16.4. The highest BCUT2D eigenvalue weighted by atomic mass is 16.7. The van der Waals surface area contributed by atoms with Crippen LogP contribution in [0, 0.1) is 13.8 Å². The Morgan fingerprint density at radius 2 is 1.79 bits per heavy atom. The predicted molar refractivity (Wildman–Crippen MR) is 129 cm³/mol. The predicted octanol–water partition coefficient (Wildman–Crippen LogP) is 4.86. The van der Waals surface area contributed by atoms with E-state index in [2.05, 4.69) is 10.5 Å². The summed E-state index contributed by atoms with van der Waals surface area (Å²) < 4.78 is 6.01. The molecule has 7 nitrogen and oxygen atoms in total. The number of oxime groups is 1. The number of carbonyl (C=O) groups is 2. The lowest BCUT2D eigenvalue weighted by Gasteiger charge is -2.24. The standard InChI is InChI=1S/C27H26N2O5/c1-18-12-13-22(19(2)14-18)28-26(32)27(16-25(30)31)15-23(29-34-27)21-10-6-7-11-24(21)33-17-20-8-4-3-5-9-20/h3-14H,15-17H2,1-2H3,(H,28,32)(H,30,31). The number of carboxylic acids is 1. The largest absolute Gasteiger partial charge is 0.488 e. The maximum atomic E-state index is 13.3. The fourth-order valence-corrected chi connectivity index (χ4v) is 3.92. The molecule has 0 radical (unpaired) electrons. The fraction of sp³-hybridized carbons (Fsp3) is 0.222. The number of nitrogens with one attached hydrogen (secondary N) is 1. The van der Waals surface area contributed by atoms with Gasteiger partial charge in [0.25, 0.3) is 5.91 Å². The molecule has 1 aliphatic rings. The monoisotopic (exact) mass is 458 g/mol. The third kappa shape index (κ3) is 5.09. The maximum absolute atomic E-state index is 13.3. The van der Waals surface area contributed by atoms with Crippen molar-refractivity contribution in [3.63, 3.8) is 0 Å². The van der Waals surface area contributed by atoms with Gasteiger partial charge in [0, 0.05) is 17.7 Å². The number of para-hydroxylation sites is 1. The zero-order chi connectivity index (χ0) is 24.1. The Labute approximate surface area is 198 Å². The molecule has 7 heteroatoms. The third-order valence-electron chi connectivity index (χ3n) is 5.70. The number of aliphatic carboxylic acids is 1. The van der Waals surface area contributed by atoms with Gasteiger partial charge < -0.3 is 20.0 Å². The number of amides is 1. The minimum Gasteiger partial charge on any atom is -0.488 e. The molecule has 174 valence electrons. The van der Waals surface area contributed by atoms with Crippen LogP contribution in [0.25, 0.3) is 0 Å². The van der Waals surface area contributed by atoms with Crippen LogP contribution in [0.1, 0.15) is 35.1 Å². The van der Waals surface area contributed by atoms with Crippen molar-refractivity contribution in [2.75, 3.05) is 5.32 Å². The van der Waals surface area contributed by atoms with Crippen LogP contribution in [0.4, 0.5) is 5.69 Å². The first-order valence-corrected chi connectivity index (χ1v) is 11.0. The van der Waals surface area contributed by atoms with E-state index in [1.54, 1.807) is 6.07 Å². The molecule has 0 saturated carbocycles. The Bertz CT molecular complexity index is 1240. The first kappa shape index (κ1) is 23.0. The topological polar surface area (TPSA) is 97.2 Å². The van der Waals surface area contributed by atoms with E-state index in [-0.39, 0.29) is 6.42 Å². The van der Waals surface area contributed by atoms with Gasteiger partial charge in [0.1, 0.15) is 12.4 Å². The van der Waals surface area contributed by atoms with Crippen molar-refractivity contribution in [1.82, 2.24) is 0 Å². The smallest absolute Gasteiger partial charge is 0.308 e. The van der Waals surface area contributed by atoms with Crippen molar-refractivity contribution >= 4 is 23.3 Å². The van der Waals surface area contributed by atoms with E-state index in [9.17, 15) is 14.7 Å². The lowest BCUT2D eigenvalue weighted by molar-refractivity contribution is -0.152. The quantitative estimate of drug-likeness (QED) is 0.503. The number of rotatable bonds is 8. The third-order valence-corrected chi connectivity index (χ3v) is 5.70. The van der Waals surface area contributed by atoms with Crippen LogP contribution < -0.4 is 10.1 Å². The van der Waals surface area contributed by atoms with E-state index in [0.29, 0.717) is 29.3 Å². The first-order valence-electron chi connectivity index (χ1n) is 11.0. The summed E-state index contributed by atoms with van der Waals surface area (Å²) in [5, 5.41) is 16.5. The van der Waals surface area contributed by atoms with E-state index in [1.165, 1.54) is 0 Å². The number of carbonyl (C=O) groups excluding carboxylic acids is 1. The lowest BCUT2D eigenvalue weighted by atomic mass is 9.89. The fourth-order valence-electron chi connectivity index (χ4n) is 3.92. The van der Waals surface area contributed by atoms with Gasteiger partial charge in [-0.25, -0.2) is 0 Å². The van der Waals surface area contributed by atoms with E-state index in [1.807, 2.05) is 80.6 Å². The van der Waals surface area contributed by atoms with Gasteiger partial charge >= 0.3 is 5.97 Å². The van der Waals surface area contributed by atoms with Crippen LogP contribution in [0.15, 0.2) is 78.0 Å². The van der Waals surface area contributed by atoms with Crippen molar-refractivity contribution in [2.24, 2.45) is 5.16 Å². The van der Waals surface area contributed by atoms with Gasteiger partial charge in [-0.05, 0) is 43.2 Å². The van der Waals surface area contributed by atoms with Gasteiger partial charge in [0.15, 0.2) is 0 Å². The van der Waals surface area contributed by atoms with Crippen molar-refractivity contribution < 1.29 is 24.3 Å². The van der Waals surface area contributed by atoms with Crippen molar-refractivity contribution in [3.8, 4) is 5.75 Å². The second-order valence-electron chi connectivity index (χ2n) is 8.41. The number of benzene rings is 3. The highest BCUT2D eigenvalue weighted by molar-refractivity contribution is 6.10. The lowest BCUT2D eigenvalue weighted by Crippen LogP contribution is -2.45. The zero-order valence-electron chi connectivity index (χ0n) is 19.1. The summed E-state index contributed by atoms with van der Waals surface area (Å²) in [6, 6.07) is 22.7. The van der Waals surface area contributed by atoms with Crippen LogP contribution in [-0.2, 0) is 21.0 Å². The molecule has 0 saturated heterocycles. The Hall–Kier alpha value is -4.13. The highest BCUT2D eigenvalue weighted by Gasteiger charge is 2.49. The minimum absolute atomic E-state index is 0.00174. The Kier molecular flexibility index (Phi) is 6.63. The molecular weight excluding hydrogens is 432 g/mol. The molecule has 34 heavy (non-hydrogen) atoms. The normalized spacial score (nSPS) is 16.9. The molecular formula is C27H26N2O5. The van der Waals surface area contributed by atoms with Gasteiger partial charge in [0.2, 0.25) is 5.60 Å². The molecule has 3 aromatic rings. The molecule has 0 spiro atoms. The number of hydrogen-bond donors (Lipinski definition) is 2. The SMILES string of the molecule is Cc1ccc(NC(=O)C2(CC(=O)O)CC(c3ccccc3OCc3ccccc3)=NO2)c(C)c1. The summed E-state index contributed by atoms with van der Waals surface area (Å²) in [6.07, 6.45) is -0.522. The summed E-state index contributed by atoms with van der Waals surface area (Å²) in [4.78, 5) is 30.5. The number of anilines is 1. The minimum atomic E-state index is -1.66. The summed E-state index contributed by atoms with van der Waals surface area (Å²) in [6.45, 7) is 4.20. The van der Waals surface area contributed by atoms with Crippen LogP contribution >= 0.6 is 0 Å². The van der Waals surface area contributed by atoms with Crippen LogP contribution in [0.2, 0.25) is 0 Å².